The van der Waals surface area contributed by atoms with Gasteiger partial charge in [-0.15, -0.1) is 0 Å². The Morgan fingerprint density at radius 3 is 3.08 bits per heavy atom. The van der Waals surface area contributed by atoms with E-state index in [9.17, 15) is 0 Å². The van der Waals surface area contributed by atoms with Gasteiger partial charge in [0.15, 0.2) is 5.11 Å². The van der Waals surface area contributed by atoms with Crippen molar-refractivity contribution in [3.63, 3.8) is 0 Å². The summed E-state index contributed by atoms with van der Waals surface area (Å²) in [7, 11) is 0. The molecule has 0 radical (unpaired) electrons. The van der Waals surface area contributed by atoms with Gasteiger partial charge in [-0.3, -0.25) is 5.43 Å². The predicted octanol–water partition coefficient (Wildman–Crippen LogP) is -1.63. The van der Waals surface area contributed by atoms with Gasteiger partial charge in [0.1, 0.15) is 0 Å². The van der Waals surface area contributed by atoms with Crippen molar-refractivity contribution in [2.24, 2.45) is 10.8 Å². The molecule has 1 fully saturated rings. The van der Waals surface area contributed by atoms with E-state index in [0.29, 0.717) is 0 Å². The molecule has 12 heavy (non-hydrogen) atoms. The van der Waals surface area contributed by atoms with Crippen LogP contribution in [-0.2, 0) is 0 Å². The molecule has 0 aromatic carbocycles. The molecule has 1 heterocycles. The number of hydrogen-bond donors (Lipinski definition) is 4. The summed E-state index contributed by atoms with van der Waals surface area (Å²) in [6.45, 7) is 2.86. The summed E-state index contributed by atoms with van der Waals surface area (Å²) in [5.41, 5.74) is 7.68. The van der Waals surface area contributed by atoms with E-state index < -0.39 is 0 Å². The third-order valence-electron chi connectivity index (χ3n) is 1.50. The molecule has 68 valence electrons. The molecule has 1 unspecified atom stereocenters. The lowest BCUT2D eigenvalue weighted by Gasteiger charge is -2.20. The molecule has 0 aromatic rings. The number of nitrogens with two attached hydrogens (primary N) is 1. The van der Waals surface area contributed by atoms with Gasteiger partial charge in [0.25, 0.3) is 0 Å². The van der Waals surface area contributed by atoms with Crippen LogP contribution in [0.5, 0.6) is 0 Å². The van der Waals surface area contributed by atoms with Crippen LogP contribution < -0.4 is 21.8 Å². The molecule has 0 amide bonds. The van der Waals surface area contributed by atoms with Crippen LogP contribution in [0.3, 0.4) is 0 Å². The molecule has 5 N–H and O–H groups in total. The first-order valence-electron chi connectivity index (χ1n) is 3.82. The van der Waals surface area contributed by atoms with E-state index in [1.165, 1.54) is 0 Å². The Kier molecular flexibility index (Phi) is 3.92. The second-order valence-corrected chi connectivity index (χ2v) is 2.96. The first-order valence-corrected chi connectivity index (χ1v) is 4.22. The van der Waals surface area contributed by atoms with Crippen LogP contribution >= 0.6 is 12.2 Å². The van der Waals surface area contributed by atoms with Gasteiger partial charge in [-0.25, -0.2) is 0 Å². The zero-order valence-electron chi connectivity index (χ0n) is 6.71. The maximum atomic E-state index is 5.18. The largest absolute Gasteiger partial charge is 0.375 e. The smallest absolute Gasteiger partial charge is 0.184 e. The highest BCUT2D eigenvalue weighted by Crippen LogP contribution is 1.81. The minimum Gasteiger partial charge on any atom is -0.375 e. The first kappa shape index (κ1) is 9.37. The molecule has 1 saturated heterocycles. The van der Waals surface area contributed by atoms with Crippen LogP contribution in [0.4, 0.5) is 0 Å². The Hall–Kier alpha value is -0.720. The third kappa shape index (κ3) is 3.61. The summed E-state index contributed by atoms with van der Waals surface area (Å²) in [4.78, 5) is 0. The van der Waals surface area contributed by atoms with Crippen LogP contribution in [0.15, 0.2) is 5.10 Å². The second-order valence-electron chi connectivity index (χ2n) is 2.52. The minimum atomic E-state index is 0.190. The summed E-state index contributed by atoms with van der Waals surface area (Å²) < 4.78 is 0. The topological polar surface area (TPSA) is 74.5 Å². The van der Waals surface area contributed by atoms with Crippen molar-refractivity contribution in [2.45, 2.75) is 6.04 Å². The predicted molar refractivity (Wildman–Crippen MR) is 53.1 cm³/mol. The zero-order valence-corrected chi connectivity index (χ0v) is 7.53. The molecule has 0 spiro atoms. The van der Waals surface area contributed by atoms with Crippen LogP contribution in [0.2, 0.25) is 0 Å². The Morgan fingerprint density at radius 2 is 2.50 bits per heavy atom. The number of thiocarbonyl (C=S) groups is 1. The van der Waals surface area contributed by atoms with Gasteiger partial charge in [-0.2, -0.15) is 5.10 Å². The Bertz CT molecular complexity index is 175. The molecule has 5 nitrogen and oxygen atoms in total. The van der Waals surface area contributed by atoms with Crippen molar-refractivity contribution in [3.05, 3.63) is 0 Å². The van der Waals surface area contributed by atoms with E-state index in [2.05, 4.69) is 33.4 Å². The first-order chi connectivity index (χ1) is 5.79. The van der Waals surface area contributed by atoms with Gasteiger partial charge >= 0.3 is 0 Å². The average Bonchev–Trinajstić information content (AvgIpc) is 2.05. The highest BCUT2D eigenvalue weighted by Gasteiger charge is 2.07. The van der Waals surface area contributed by atoms with Crippen LogP contribution in [-0.4, -0.2) is 37.0 Å². The third-order valence-corrected chi connectivity index (χ3v) is 1.59. The number of nitrogens with zero attached hydrogens (tertiary/aromatic N) is 1. The summed E-state index contributed by atoms with van der Waals surface area (Å²) in [6, 6.07) is 0.264. The molecular formula is C6H13N5S. The second kappa shape index (κ2) is 5.02. The molecule has 0 saturated carbocycles. The zero-order chi connectivity index (χ0) is 8.81. The number of nitrogens with one attached hydrogen (secondary N) is 3. The van der Waals surface area contributed by atoms with E-state index in [1.54, 1.807) is 6.21 Å². The molecular weight excluding hydrogens is 174 g/mol. The SMILES string of the molecule is NC(=S)N/N=C/C1CNCCN1. The summed E-state index contributed by atoms with van der Waals surface area (Å²) >= 11 is 4.58. The summed E-state index contributed by atoms with van der Waals surface area (Å²) in [6.07, 6.45) is 1.76. The molecule has 0 aromatic heterocycles. The van der Waals surface area contributed by atoms with Gasteiger partial charge in [0.2, 0.25) is 0 Å². The fourth-order valence-electron chi connectivity index (χ4n) is 0.972. The van der Waals surface area contributed by atoms with Crippen molar-refractivity contribution in [2.75, 3.05) is 19.6 Å². The van der Waals surface area contributed by atoms with Crippen LogP contribution in [0, 0.1) is 0 Å². The highest BCUT2D eigenvalue weighted by molar-refractivity contribution is 7.80. The molecule has 1 aliphatic rings. The lowest BCUT2D eigenvalue weighted by molar-refractivity contribution is 0.491. The molecule has 6 heteroatoms. The molecule has 1 atom stereocenters. The van der Waals surface area contributed by atoms with E-state index in [0.717, 1.165) is 19.6 Å². The van der Waals surface area contributed by atoms with Crippen molar-refractivity contribution in [3.8, 4) is 0 Å². The van der Waals surface area contributed by atoms with E-state index >= 15 is 0 Å². The maximum absolute atomic E-state index is 5.18. The van der Waals surface area contributed by atoms with Crippen molar-refractivity contribution < 1.29 is 0 Å². The Morgan fingerprint density at radius 1 is 1.67 bits per heavy atom. The highest BCUT2D eigenvalue weighted by atomic mass is 32.1. The van der Waals surface area contributed by atoms with E-state index in [-0.39, 0.29) is 11.2 Å². The normalized spacial score (nSPS) is 24.2. The van der Waals surface area contributed by atoms with Gasteiger partial charge in [-0.1, -0.05) is 0 Å². The standard InChI is InChI=1S/C6H13N5S/c7-6(12)11-10-4-5-3-8-1-2-9-5/h4-5,8-9H,1-3H2,(H3,7,11,12)/b10-4+. The Balaban J connectivity index is 2.19. The van der Waals surface area contributed by atoms with E-state index in [4.69, 9.17) is 5.73 Å². The number of hydrogen-bond acceptors (Lipinski definition) is 4. The fourth-order valence-corrected chi connectivity index (χ4v) is 1.02. The molecule has 1 rings (SSSR count). The van der Waals surface area contributed by atoms with Crippen molar-refractivity contribution in [1.82, 2.24) is 16.1 Å². The van der Waals surface area contributed by atoms with Gasteiger partial charge in [-0.05, 0) is 12.2 Å². The molecule has 1 aliphatic heterocycles. The quantitative estimate of drug-likeness (QED) is 0.237. The molecule has 0 bridgehead atoms. The van der Waals surface area contributed by atoms with Crippen LogP contribution in [0.1, 0.15) is 0 Å². The number of hydrazone groups is 1. The van der Waals surface area contributed by atoms with E-state index in [1.807, 2.05) is 0 Å². The lowest BCUT2D eigenvalue weighted by atomic mass is 10.2. The van der Waals surface area contributed by atoms with Crippen molar-refractivity contribution >= 4 is 23.5 Å². The number of rotatable bonds is 2. The van der Waals surface area contributed by atoms with Crippen molar-refractivity contribution in [1.29, 1.82) is 0 Å². The monoisotopic (exact) mass is 187 g/mol. The van der Waals surface area contributed by atoms with Gasteiger partial charge in [0.05, 0.1) is 6.04 Å². The van der Waals surface area contributed by atoms with Crippen LogP contribution in [0.25, 0.3) is 0 Å². The number of piperazine rings is 1. The summed E-state index contributed by atoms with van der Waals surface area (Å²) in [5, 5.41) is 10.5. The van der Waals surface area contributed by atoms with Gasteiger partial charge in [0, 0.05) is 25.8 Å². The minimum absolute atomic E-state index is 0.190. The Labute approximate surface area is 76.8 Å². The molecule has 0 aliphatic carbocycles. The average molecular weight is 187 g/mol. The fraction of sp³-hybridized carbons (Fsp3) is 0.667. The van der Waals surface area contributed by atoms with Gasteiger partial charge < -0.3 is 16.4 Å². The summed E-state index contributed by atoms with van der Waals surface area (Å²) in [5.74, 6) is 0. The lowest BCUT2D eigenvalue weighted by Crippen LogP contribution is -2.49. The maximum Gasteiger partial charge on any atom is 0.184 e.